The van der Waals surface area contributed by atoms with Gasteiger partial charge in [0.15, 0.2) is 0 Å². The molecular formula is C33H36O4. The highest BCUT2D eigenvalue weighted by atomic mass is 16.5. The minimum Gasteiger partial charge on any atom is -0.462 e. The van der Waals surface area contributed by atoms with Crippen LogP contribution in [0.3, 0.4) is 0 Å². The van der Waals surface area contributed by atoms with Crippen molar-refractivity contribution in [3.63, 3.8) is 0 Å². The summed E-state index contributed by atoms with van der Waals surface area (Å²) in [7, 11) is 0. The van der Waals surface area contributed by atoms with Gasteiger partial charge in [0, 0.05) is 17.6 Å². The third kappa shape index (κ3) is 8.18. The van der Waals surface area contributed by atoms with Crippen molar-refractivity contribution < 1.29 is 19.1 Å². The van der Waals surface area contributed by atoms with Crippen molar-refractivity contribution in [2.45, 2.75) is 52.4 Å². The predicted octanol–water partition coefficient (Wildman–Crippen LogP) is 7.49. The molecule has 4 nitrogen and oxygen atoms in total. The standard InChI is InChI=1S/C33H36O4/c1-33(2,23-36-31(34)21-25-11-9-17-29(19-25)27-13-5-3-6-14-27)24-37-32(35)22-26-12-10-18-30(20-26)28-15-7-4-8-16-28/h3-8,13-16,19-22H,9-12,17-18,23-24H2,1-2H3/b25-21+,26-22+. The summed E-state index contributed by atoms with van der Waals surface area (Å²) in [5.74, 6) is -0.717. The van der Waals surface area contributed by atoms with E-state index in [-0.39, 0.29) is 25.2 Å². The number of esters is 2. The maximum atomic E-state index is 12.5. The molecule has 2 aromatic carbocycles. The Hall–Kier alpha value is -3.66. The summed E-state index contributed by atoms with van der Waals surface area (Å²) >= 11 is 0. The molecule has 0 radical (unpaired) electrons. The molecule has 2 aliphatic carbocycles. The molecule has 4 heteroatoms. The van der Waals surface area contributed by atoms with Crippen molar-refractivity contribution in [3.8, 4) is 0 Å². The van der Waals surface area contributed by atoms with Crippen LogP contribution in [0.2, 0.25) is 0 Å². The van der Waals surface area contributed by atoms with Crippen LogP contribution in [0.4, 0.5) is 0 Å². The molecule has 0 atom stereocenters. The lowest BCUT2D eigenvalue weighted by Gasteiger charge is -2.23. The fraction of sp³-hybridized carbons (Fsp3) is 0.333. The summed E-state index contributed by atoms with van der Waals surface area (Å²) in [4.78, 5) is 25.0. The largest absolute Gasteiger partial charge is 0.462 e. The maximum absolute atomic E-state index is 12.5. The van der Waals surface area contributed by atoms with Gasteiger partial charge in [-0.15, -0.1) is 0 Å². The van der Waals surface area contributed by atoms with Gasteiger partial charge in [0.2, 0.25) is 0 Å². The number of rotatable bonds is 8. The van der Waals surface area contributed by atoms with Gasteiger partial charge in [-0.05, 0) is 71.9 Å². The fourth-order valence-electron chi connectivity index (χ4n) is 4.65. The van der Waals surface area contributed by atoms with Gasteiger partial charge in [-0.1, -0.05) is 86.7 Å². The Bertz CT molecular complexity index is 1120. The molecule has 0 saturated carbocycles. The van der Waals surface area contributed by atoms with E-state index in [1.165, 1.54) is 22.3 Å². The number of carbonyl (C=O) groups excluding carboxylic acids is 2. The minimum absolute atomic E-state index is 0.173. The topological polar surface area (TPSA) is 52.6 Å². The molecule has 0 saturated heterocycles. The van der Waals surface area contributed by atoms with Gasteiger partial charge in [0.05, 0.1) is 13.2 Å². The first-order valence-electron chi connectivity index (χ1n) is 13.1. The summed E-state index contributed by atoms with van der Waals surface area (Å²) in [6.45, 7) is 4.20. The van der Waals surface area contributed by atoms with Crippen molar-refractivity contribution in [1.82, 2.24) is 0 Å². The Morgan fingerprint density at radius 2 is 1.08 bits per heavy atom. The van der Waals surface area contributed by atoms with Gasteiger partial charge in [-0.2, -0.15) is 0 Å². The van der Waals surface area contributed by atoms with Crippen LogP contribution < -0.4 is 0 Å². The van der Waals surface area contributed by atoms with Crippen LogP contribution in [0.15, 0.2) is 96.1 Å². The Balaban J connectivity index is 1.27. The summed E-state index contributed by atoms with van der Waals surface area (Å²) in [5.41, 5.74) is 6.37. The second-order valence-corrected chi connectivity index (χ2v) is 10.6. The number of ether oxygens (including phenoxy) is 2. The number of hydrogen-bond acceptors (Lipinski definition) is 4. The van der Waals surface area contributed by atoms with Crippen molar-refractivity contribution in [2.75, 3.05) is 13.2 Å². The van der Waals surface area contributed by atoms with E-state index >= 15 is 0 Å². The predicted molar refractivity (Wildman–Crippen MR) is 148 cm³/mol. The molecule has 0 aliphatic heterocycles. The first kappa shape index (κ1) is 26.4. The summed E-state index contributed by atoms with van der Waals surface area (Å²) < 4.78 is 11.1. The quantitative estimate of drug-likeness (QED) is 0.281. The molecule has 0 spiro atoms. The number of allylic oxidation sites excluding steroid dienone is 6. The average Bonchev–Trinajstić information content (AvgIpc) is 2.92. The van der Waals surface area contributed by atoms with E-state index in [1.54, 1.807) is 12.2 Å². The van der Waals surface area contributed by atoms with Gasteiger partial charge in [-0.25, -0.2) is 9.59 Å². The monoisotopic (exact) mass is 496 g/mol. The normalized spacial score (nSPS) is 18.2. The molecule has 4 rings (SSSR count). The molecule has 192 valence electrons. The van der Waals surface area contributed by atoms with E-state index in [4.69, 9.17) is 9.47 Å². The second-order valence-electron chi connectivity index (χ2n) is 10.6. The molecule has 2 aromatic rings. The SMILES string of the molecule is CC(C)(COC(=O)/C=C1/C=C(c2ccccc2)CCC1)COC(=O)/C=C1/C=C(c2ccccc2)CCC1. The first-order valence-corrected chi connectivity index (χ1v) is 13.1. The number of benzene rings is 2. The van der Waals surface area contributed by atoms with Gasteiger partial charge in [0.1, 0.15) is 0 Å². The Labute approximate surface area is 220 Å². The van der Waals surface area contributed by atoms with E-state index in [2.05, 4.69) is 36.4 Å². The molecule has 0 aromatic heterocycles. The highest BCUT2D eigenvalue weighted by molar-refractivity contribution is 5.85. The van der Waals surface area contributed by atoms with Gasteiger partial charge in [0.25, 0.3) is 0 Å². The summed E-state index contributed by atoms with van der Waals surface area (Å²) in [6.07, 6.45) is 13.2. The van der Waals surface area contributed by atoms with E-state index in [0.29, 0.717) is 0 Å². The maximum Gasteiger partial charge on any atom is 0.331 e. The zero-order valence-corrected chi connectivity index (χ0v) is 21.9. The van der Waals surface area contributed by atoms with E-state index in [1.807, 2.05) is 50.2 Å². The Morgan fingerprint density at radius 3 is 1.49 bits per heavy atom. The van der Waals surface area contributed by atoms with Crippen molar-refractivity contribution >= 4 is 23.1 Å². The van der Waals surface area contributed by atoms with Crippen LogP contribution in [-0.4, -0.2) is 25.2 Å². The third-order valence-electron chi connectivity index (χ3n) is 6.65. The molecule has 0 N–H and O–H groups in total. The summed E-state index contributed by atoms with van der Waals surface area (Å²) in [6, 6.07) is 20.5. The number of hydrogen-bond donors (Lipinski definition) is 0. The van der Waals surface area contributed by atoms with Crippen LogP contribution in [0, 0.1) is 5.41 Å². The highest BCUT2D eigenvalue weighted by Gasteiger charge is 2.23. The lowest BCUT2D eigenvalue weighted by Crippen LogP contribution is -2.28. The zero-order valence-electron chi connectivity index (χ0n) is 21.9. The third-order valence-corrected chi connectivity index (χ3v) is 6.65. The van der Waals surface area contributed by atoms with Crippen LogP contribution in [0.1, 0.15) is 63.5 Å². The minimum atomic E-state index is -0.489. The highest BCUT2D eigenvalue weighted by Crippen LogP contribution is 2.30. The molecule has 0 bridgehead atoms. The molecular weight excluding hydrogens is 460 g/mol. The van der Waals surface area contributed by atoms with Crippen LogP contribution in [0.25, 0.3) is 11.1 Å². The van der Waals surface area contributed by atoms with Gasteiger partial charge in [-0.3, -0.25) is 0 Å². The van der Waals surface area contributed by atoms with Crippen LogP contribution >= 0.6 is 0 Å². The van der Waals surface area contributed by atoms with E-state index in [0.717, 1.165) is 49.7 Å². The smallest absolute Gasteiger partial charge is 0.331 e. The lowest BCUT2D eigenvalue weighted by molar-refractivity contribution is -0.146. The molecule has 0 heterocycles. The molecule has 0 amide bonds. The summed E-state index contributed by atoms with van der Waals surface area (Å²) in [5, 5.41) is 0. The van der Waals surface area contributed by atoms with E-state index in [9.17, 15) is 9.59 Å². The Kier molecular flexibility index (Phi) is 8.95. The Morgan fingerprint density at radius 1 is 0.676 bits per heavy atom. The number of carbonyl (C=O) groups is 2. The fourth-order valence-corrected chi connectivity index (χ4v) is 4.65. The lowest BCUT2D eigenvalue weighted by atomic mass is 9.90. The molecule has 37 heavy (non-hydrogen) atoms. The molecule has 0 unspecified atom stereocenters. The average molecular weight is 497 g/mol. The van der Waals surface area contributed by atoms with Gasteiger partial charge < -0.3 is 9.47 Å². The first-order chi connectivity index (χ1) is 17.9. The van der Waals surface area contributed by atoms with Crippen LogP contribution in [-0.2, 0) is 19.1 Å². The second kappa shape index (κ2) is 12.5. The molecule has 2 aliphatic rings. The van der Waals surface area contributed by atoms with Crippen molar-refractivity contribution in [2.24, 2.45) is 5.41 Å². The van der Waals surface area contributed by atoms with Crippen LogP contribution in [0.5, 0.6) is 0 Å². The van der Waals surface area contributed by atoms with Crippen molar-refractivity contribution in [1.29, 1.82) is 0 Å². The van der Waals surface area contributed by atoms with Crippen molar-refractivity contribution in [3.05, 3.63) is 107 Å². The molecule has 0 fully saturated rings. The van der Waals surface area contributed by atoms with E-state index < -0.39 is 5.41 Å². The zero-order chi connectivity index (χ0) is 26.1. The van der Waals surface area contributed by atoms with Gasteiger partial charge >= 0.3 is 11.9 Å².